The molecule has 4 aromatic rings. The summed E-state index contributed by atoms with van der Waals surface area (Å²) in [4.78, 5) is 51.7. The first kappa shape index (κ1) is 26.5. The summed E-state index contributed by atoms with van der Waals surface area (Å²) in [5.41, 5.74) is 0.748. The number of aryl methyl sites for hydroxylation is 1. The van der Waals surface area contributed by atoms with Gasteiger partial charge in [0.1, 0.15) is 12.4 Å². The topological polar surface area (TPSA) is 111 Å². The zero-order valence-electron chi connectivity index (χ0n) is 21.0. The first-order valence-corrected chi connectivity index (χ1v) is 11.9. The molecule has 10 heteroatoms. The average Bonchev–Trinajstić information content (AvgIpc) is 2.90. The summed E-state index contributed by atoms with van der Waals surface area (Å²) < 4.78 is 21.0. The van der Waals surface area contributed by atoms with E-state index >= 15 is 0 Å². The van der Waals surface area contributed by atoms with Gasteiger partial charge < -0.3 is 15.4 Å². The monoisotopic (exact) mass is 518 g/mol. The molecule has 1 aromatic heterocycles. The van der Waals surface area contributed by atoms with E-state index in [2.05, 4.69) is 10.6 Å². The number of ether oxygens (including phenoxy) is 1. The van der Waals surface area contributed by atoms with E-state index in [4.69, 9.17) is 4.74 Å². The number of hydrogen-bond acceptors (Lipinski definition) is 5. The Morgan fingerprint density at radius 3 is 2.42 bits per heavy atom. The molecule has 4 rings (SSSR count). The molecule has 0 unspecified atom stereocenters. The maximum Gasteiger partial charge on any atom is 0.336 e. The molecule has 0 fully saturated rings. The molecule has 3 aromatic carbocycles. The van der Waals surface area contributed by atoms with Gasteiger partial charge >= 0.3 is 5.69 Å². The third-order valence-electron chi connectivity index (χ3n) is 6.00. The number of halogens is 1. The lowest BCUT2D eigenvalue weighted by atomic mass is 10.1. The number of amides is 2. The van der Waals surface area contributed by atoms with Crippen molar-refractivity contribution in [1.29, 1.82) is 0 Å². The van der Waals surface area contributed by atoms with Crippen LogP contribution in [0.3, 0.4) is 0 Å². The molecule has 0 bridgehead atoms. The summed E-state index contributed by atoms with van der Waals surface area (Å²) in [7, 11) is 1.55. The minimum atomic E-state index is -0.705. The molecule has 0 spiro atoms. The van der Waals surface area contributed by atoms with Crippen molar-refractivity contribution in [3.8, 4) is 5.69 Å². The minimum Gasteiger partial charge on any atom is -0.383 e. The molecule has 196 valence electrons. The molecule has 0 aliphatic carbocycles. The second-order valence-corrected chi connectivity index (χ2v) is 8.72. The van der Waals surface area contributed by atoms with Crippen molar-refractivity contribution in [2.45, 2.75) is 19.9 Å². The van der Waals surface area contributed by atoms with Crippen LogP contribution in [0.1, 0.15) is 11.1 Å². The number of anilines is 1. The summed E-state index contributed by atoms with van der Waals surface area (Å²) >= 11 is 0. The van der Waals surface area contributed by atoms with Gasteiger partial charge in [0, 0.05) is 19.3 Å². The van der Waals surface area contributed by atoms with E-state index in [1.807, 2.05) is 0 Å². The van der Waals surface area contributed by atoms with E-state index in [-0.39, 0.29) is 23.4 Å². The van der Waals surface area contributed by atoms with Crippen LogP contribution in [0, 0.1) is 12.7 Å². The number of para-hydroxylation sites is 1. The highest BCUT2D eigenvalue weighted by Gasteiger charge is 2.17. The molecular formula is C28H27FN4O5. The fourth-order valence-corrected chi connectivity index (χ4v) is 4.02. The second-order valence-electron chi connectivity index (χ2n) is 8.72. The number of methoxy groups -OCH3 is 1. The maximum absolute atomic E-state index is 13.9. The van der Waals surface area contributed by atoms with Crippen molar-refractivity contribution in [1.82, 2.24) is 14.5 Å². The number of carbonyl (C=O) groups is 2. The third-order valence-corrected chi connectivity index (χ3v) is 6.00. The largest absolute Gasteiger partial charge is 0.383 e. The first-order chi connectivity index (χ1) is 18.3. The molecular weight excluding hydrogens is 491 g/mol. The predicted molar refractivity (Wildman–Crippen MR) is 142 cm³/mol. The van der Waals surface area contributed by atoms with Crippen LogP contribution in [0.2, 0.25) is 0 Å². The van der Waals surface area contributed by atoms with Crippen LogP contribution in [0.5, 0.6) is 0 Å². The van der Waals surface area contributed by atoms with E-state index in [1.165, 1.54) is 10.6 Å². The van der Waals surface area contributed by atoms with Crippen molar-refractivity contribution < 1.29 is 18.7 Å². The second kappa shape index (κ2) is 11.7. The number of nitrogens with zero attached hydrogens (tertiary/aromatic N) is 2. The van der Waals surface area contributed by atoms with Crippen molar-refractivity contribution >= 4 is 28.4 Å². The lowest BCUT2D eigenvalue weighted by molar-refractivity contribution is -0.120. The van der Waals surface area contributed by atoms with Crippen LogP contribution in [-0.2, 0) is 27.3 Å². The lowest BCUT2D eigenvalue weighted by Gasteiger charge is -2.15. The molecule has 0 saturated carbocycles. The normalized spacial score (nSPS) is 10.9. The van der Waals surface area contributed by atoms with Crippen LogP contribution >= 0.6 is 0 Å². The molecule has 0 saturated heterocycles. The van der Waals surface area contributed by atoms with E-state index in [9.17, 15) is 23.6 Å². The average molecular weight is 519 g/mol. The third kappa shape index (κ3) is 5.87. The van der Waals surface area contributed by atoms with Crippen LogP contribution in [0.25, 0.3) is 16.6 Å². The van der Waals surface area contributed by atoms with Gasteiger partial charge in [-0.3, -0.25) is 19.0 Å². The number of carbonyl (C=O) groups excluding carboxylic acids is 2. The van der Waals surface area contributed by atoms with E-state index in [1.54, 1.807) is 74.7 Å². The number of benzene rings is 3. The lowest BCUT2D eigenvalue weighted by Crippen LogP contribution is -2.40. The Kier molecular flexibility index (Phi) is 8.12. The molecule has 0 aliphatic heterocycles. The van der Waals surface area contributed by atoms with Crippen molar-refractivity contribution in [2.24, 2.45) is 0 Å². The van der Waals surface area contributed by atoms with Crippen molar-refractivity contribution in [3.63, 3.8) is 0 Å². The Balaban J connectivity index is 1.65. The van der Waals surface area contributed by atoms with Crippen LogP contribution in [-0.4, -0.2) is 41.2 Å². The molecule has 0 radical (unpaired) electrons. The van der Waals surface area contributed by atoms with Crippen LogP contribution < -0.4 is 21.9 Å². The zero-order valence-corrected chi connectivity index (χ0v) is 21.0. The molecule has 9 nitrogen and oxygen atoms in total. The first-order valence-electron chi connectivity index (χ1n) is 11.9. The quantitative estimate of drug-likeness (QED) is 0.331. The van der Waals surface area contributed by atoms with E-state index < -0.39 is 29.5 Å². The Morgan fingerprint density at radius 1 is 0.974 bits per heavy atom. The smallest absolute Gasteiger partial charge is 0.336 e. The standard InChI is InChI=1S/C28H27FN4O5/c1-18-7-10-20(16-23(18)29)31-26(35)17-32-24-6-4-3-5-22(24)27(36)33(28(32)37)21-11-8-19(9-12-21)15-25(34)30-13-14-38-2/h3-12,16H,13-15,17H2,1-2H3,(H,30,34)(H,31,35). The highest BCUT2D eigenvalue weighted by Crippen LogP contribution is 2.15. The summed E-state index contributed by atoms with van der Waals surface area (Å²) in [5.74, 6) is -1.20. The van der Waals surface area contributed by atoms with Gasteiger partial charge in [-0.1, -0.05) is 30.3 Å². The molecule has 2 N–H and O–H groups in total. The Hall–Kier alpha value is -4.57. The van der Waals surface area contributed by atoms with Gasteiger partial charge in [-0.2, -0.15) is 0 Å². The van der Waals surface area contributed by atoms with Gasteiger partial charge in [-0.25, -0.2) is 13.8 Å². The summed E-state index contributed by atoms with van der Waals surface area (Å²) in [6, 6.07) is 17.3. The molecule has 0 aliphatic rings. The Labute approximate surface area is 217 Å². The number of nitrogens with one attached hydrogen (secondary N) is 2. The fourth-order valence-electron chi connectivity index (χ4n) is 4.02. The highest BCUT2D eigenvalue weighted by molar-refractivity contribution is 5.91. The zero-order chi connectivity index (χ0) is 27.2. The summed E-state index contributed by atoms with van der Waals surface area (Å²) in [5, 5.41) is 5.58. The Morgan fingerprint density at radius 2 is 1.71 bits per heavy atom. The summed E-state index contributed by atoms with van der Waals surface area (Å²) in [6.07, 6.45) is 0.126. The molecule has 38 heavy (non-hydrogen) atoms. The minimum absolute atomic E-state index is 0.126. The van der Waals surface area contributed by atoms with Crippen LogP contribution in [0.4, 0.5) is 10.1 Å². The predicted octanol–water partition coefficient (Wildman–Crippen LogP) is 2.54. The van der Waals surface area contributed by atoms with Gasteiger partial charge in [0.05, 0.1) is 29.6 Å². The number of fused-ring (bicyclic) bond motifs is 1. The van der Waals surface area contributed by atoms with Gasteiger partial charge in [0.25, 0.3) is 5.56 Å². The molecule has 0 atom stereocenters. The van der Waals surface area contributed by atoms with E-state index in [0.29, 0.717) is 35.5 Å². The van der Waals surface area contributed by atoms with Gasteiger partial charge in [-0.05, 0) is 54.4 Å². The molecule has 2 amide bonds. The SMILES string of the molecule is COCCNC(=O)Cc1ccc(-n2c(=O)c3ccccc3n(CC(=O)Nc3ccc(C)c(F)c3)c2=O)cc1. The van der Waals surface area contributed by atoms with E-state index in [0.717, 1.165) is 4.57 Å². The molecule has 1 heterocycles. The number of aromatic nitrogens is 2. The van der Waals surface area contributed by atoms with Crippen molar-refractivity contribution in [2.75, 3.05) is 25.6 Å². The van der Waals surface area contributed by atoms with Gasteiger partial charge in [0.2, 0.25) is 11.8 Å². The summed E-state index contributed by atoms with van der Waals surface area (Å²) in [6.45, 7) is 2.02. The number of rotatable bonds is 9. The van der Waals surface area contributed by atoms with Crippen LogP contribution in [0.15, 0.2) is 76.3 Å². The Bertz CT molecular complexity index is 1610. The van der Waals surface area contributed by atoms with Gasteiger partial charge in [0.15, 0.2) is 0 Å². The van der Waals surface area contributed by atoms with Crippen molar-refractivity contribution in [3.05, 3.63) is 105 Å². The number of hydrogen-bond donors (Lipinski definition) is 2. The van der Waals surface area contributed by atoms with Gasteiger partial charge in [-0.15, -0.1) is 0 Å². The highest BCUT2D eigenvalue weighted by atomic mass is 19.1. The fraction of sp³-hybridized carbons (Fsp3) is 0.214. The maximum atomic E-state index is 13.9.